The highest BCUT2D eigenvalue weighted by atomic mass is 35.5. The fourth-order valence-corrected chi connectivity index (χ4v) is 6.73. The standard InChI is InChI=1S/C30H47Cl2N5O7/c1-14(2)44-26(42)22(29(6,7)8)36-27(43)35-21(28(3,4)5)25(41)37-13-16-18(30(16,31)32)19(37)24(40)34-17(20(38)23(33)39)12-15-10-9-11-15/h14-19,21-22H,9-13H2,1-8H3,(H2,33,39)(H,34,40)(H2,35,36,43)/t16-,17?,18-,19-,21+,22+/m0/s1. The van der Waals surface area contributed by atoms with Crippen molar-refractivity contribution in [2.45, 2.75) is 116 Å². The van der Waals surface area contributed by atoms with Crippen LogP contribution in [0.4, 0.5) is 4.79 Å². The van der Waals surface area contributed by atoms with E-state index in [0.29, 0.717) is 0 Å². The quantitative estimate of drug-likeness (QED) is 0.149. The van der Waals surface area contributed by atoms with E-state index in [2.05, 4.69) is 16.0 Å². The molecule has 0 spiro atoms. The summed E-state index contributed by atoms with van der Waals surface area (Å²) in [4.78, 5) is 79.6. The number of alkyl halides is 2. The van der Waals surface area contributed by atoms with Crippen molar-refractivity contribution in [2.75, 3.05) is 6.54 Å². The molecule has 3 fully saturated rings. The van der Waals surface area contributed by atoms with Crippen LogP contribution in [0, 0.1) is 28.6 Å². The normalized spacial score (nSPS) is 24.7. The molecule has 6 atom stereocenters. The third kappa shape index (κ3) is 7.97. The molecular formula is C30H47Cl2N5O7. The van der Waals surface area contributed by atoms with E-state index in [4.69, 9.17) is 33.7 Å². The van der Waals surface area contributed by atoms with Gasteiger partial charge in [0.15, 0.2) is 0 Å². The zero-order chi connectivity index (χ0) is 33.5. The second-order valence-electron chi connectivity index (χ2n) is 14.8. The number of carbonyl (C=O) groups excluding carboxylic acids is 6. The van der Waals surface area contributed by atoms with Crippen molar-refractivity contribution in [3.63, 3.8) is 0 Å². The predicted molar refractivity (Wildman–Crippen MR) is 164 cm³/mol. The Morgan fingerprint density at radius 1 is 0.932 bits per heavy atom. The molecule has 3 rings (SSSR count). The van der Waals surface area contributed by atoms with E-state index in [0.717, 1.165) is 19.3 Å². The molecule has 2 aliphatic carbocycles. The number of fused-ring (bicyclic) bond motifs is 1. The van der Waals surface area contributed by atoms with Crippen LogP contribution in [0.15, 0.2) is 0 Å². The summed E-state index contributed by atoms with van der Waals surface area (Å²) in [5.74, 6) is -4.77. The van der Waals surface area contributed by atoms with Crippen LogP contribution in [0.5, 0.6) is 0 Å². The third-order valence-electron chi connectivity index (χ3n) is 8.67. The number of rotatable bonds is 11. The van der Waals surface area contributed by atoms with Crippen LogP contribution in [0.1, 0.15) is 81.1 Å². The fourth-order valence-electron chi connectivity index (χ4n) is 5.90. The lowest BCUT2D eigenvalue weighted by Gasteiger charge is -2.38. The molecule has 248 valence electrons. The minimum atomic E-state index is -1.26. The summed E-state index contributed by atoms with van der Waals surface area (Å²) in [5, 5.41) is 8.02. The van der Waals surface area contributed by atoms with Gasteiger partial charge in [-0.1, -0.05) is 60.8 Å². The van der Waals surface area contributed by atoms with E-state index >= 15 is 0 Å². The van der Waals surface area contributed by atoms with Crippen molar-refractivity contribution in [2.24, 2.45) is 34.3 Å². The van der Waals surface area contributed by atoms with Crippen LogP contribution < -0.4 is 21.7 Å². The number of ketones is 1. The lowest BCUT2D eigenvalue weighted by atomic mass is 9.80. The average molecular weight is 661 g/mol. The monoisotopic (exact) mass is 659 g/mol. The highest BCUT2D eigenvalue weighted by Gasteiger charge is 2.74. The van der Waals surface area contributed by atoms with Crippen molar-refractivity contribution < 1.29 is 33.5 Å². The zero-order valence-corrected chi connectivity index (χ0v) is 28.3. The van der Waals surface area contributed by atoms with E-state index in [1.165, 1.54) is 4.90 Å². The minimum absolute atomic E-state index is 0.0485. The first kappa shape index (κ1) is 35.9. The van der Waals surface area contributed by atoms with Crippen LogP contribution in [-0.2, 0) is 28.7 Å². The Morgan fingerprint density at radius 3 is 1.93 bits per heavy atom. The van der Waals surface area contributed by atoms with E-state index in [-0.39, 0.29) is 18.9 Å². The summed E-state index contributed by atoms with van der Waals surface area (Å²) in [5.41, 5.74) is 3.74. The highest BCUT2D eigenvalue weighted by Crippen LogP contribution is 2.65. The maximum absolute atomic E-state index is 14.1. The number of halogens is 2. The third-order valence-corrected chi connectivity index (χ3v) is 9.74. The predicted octanol–water partition coefficient (Wildman–Crippen LogP) is 2.43. The molecule has 14 heteroatoms. The smallest absolute Gasteiger partial charge is 0.329 e. The molecule has 1 unspecified atom stereocenters. The van der Waals surface area contributed by atoms with Gasteiger partial charge in [-0.25, -0.2) is 9.59 Å². The van der Waals surface area contributed by atoms with Crippen molar-refractivity contribution >= 4 is 58.7 Å². The average Bonchev–Trinajstić information content (AvgIpc) is 3.18. The second-order valence-corrected chi connectivity index (χ2v) is 16.2. The number of amides is 5. The molecule has 0 aromatic carbocycles. The molecule has 5 N–H and O–H groups in total. The van der Waals surface area contributed by atoms with Crippen LogP contribution in [0.25, 0.3) is 0 Å². The molecule has 1 saturated heterocycles. The van der Waals surface area contributed by atoms with Gasteiger partial charge in [-0.3, -0.25) is 19.2 Å². The summed E-state index contributed by atoms with van der Waals surface area (Å²) in [7, 11) is 0. The van der Waals surface area contributed by atoms with E-state index in [9.17, 15) is 28.8 Å². The topological polar surface area (TPSA) is 177 Å². The van der Waals surface area contributed by atoms with Crippen molar-refractivity contribution in [3.05, 3.63) is 0 Å². The Hall–Kier alpha value is -2.60. The molecule has 12 nitrogen and oxygen atoms in total. The van der Waals surface area contributed by atoms with Gasteiger partial charge in [0, 0.05) is 18.4 Å². The number of nitrogens with zero attached hydrogens (tertiary/aromatic N) is 1. The summed E-state index contributed by atoms with van der Waals surface area (Å²) in [6, 6.07) is -5.19. The van der Waals surface area contributed by atoms with Gasteiger partial charge in [-0.15, -0.1) is 23.2 Å². The van der Waals surface area contributed by atoms with Gasteiger partial charge in [0.1, 0.15) is 22.5 Å². The minimum Gasteiger partial charge on any atom is -0.461 e. The van der Waals surface area contributed by atoms with Crippen LogP contribution in [0.2, 0.25) is 0 Å². The summed E-state index contributed by atoms with van der Waals surface area (Å²) in [6.45, 7) is 14.0. The number of esters is 1. The first-order valence-electron chi connectivity index (χ1n) is 15.2. The Bertz CT molecular complexity index is 1180. The number of piperidine rings is 1. The molecule has 0 aromatic rings. The highest BCUT2D eigenvalue weighted by molar-refractivity contribution is 6.51. The van der Waals surface area contributed by atoms with E-state index in [1.807, 2.05) is 0 Å². The van der Waals surface area contributed by atoms with Gasteiger partial charge in [0.05, 0.1) is 12.1 Å². The van der Waals surface area contributed by atoms with Gasteiger partial charge in [-0.05, 0) is 37.0 Å². The van der Waals surface area contributed by atoms with Gasteiger partial charge >= 0.3 is 12.0 Å². The summed E-state index contributed by atoms with van der Waals surface area (Å²) in [6.07, 6.45) is 2.60. The first-order chi connectivity index (χ1) is 20.1. The molecule has 5 amide bonds. The van der Waals surface area contributed by atoms with Gasteiger partial charge in [0.2, 0.25) is 17.6 Å². The molecule has 2 saturated carbocycles. The fraction of sp³-hybridized carbons (Fsp3) is 0.800. The van der Waals surface area contributed by atoms with Crippen LogP contribution >= 0.6 is 23.2 Å². The number of likely N-dealkylation sites (tertiary alicyclic amines) is 1. The first-order valence-corrected chi connectivity index (χ1v) is 15.9. The van der Waals surface area contributed by atoms with Gasteiger partial charge in [-0.2, -0.15) is 0 Å². The SMILES string of the molecule is CC(C)OC(=O)[C@@H](NC(=O)N[C@H](C(=O)N1C[C@H]2[C@@H]([C@H]1C(=O)NC(CC1CCC1)C(=O)C(N)=O)C2(Cl)Cl)C(C)(C)C)C(C)(C)C. The molecule has 1 aliphatic heterocycles. The molecule has 0 bridgehead atoms. The molecule has 0 aromatic heterocycles. The van der Waals surface area contributed by atoms with Crippen LogP contribution in [-0.4, -0.2) is 81.6 Å². The van der Waals surface area contributed by atoms with Crippen molar-refractivity contribution in [1.82, 2.24) is 20.9 Å². The number of nitrogens with two attached hydrogens (primary N) is 1. The second kappa shape index (κ2) is 13.0. The lowest BCUT2D eigenvalue weighted by Crippen LogP contribution is -2.63. The molecule has 1 heterocycles. The van der Waals surface area contributed by atoms with E-state index in [1.54, 1.807) is 55.4 Å². The Balaban J connectivity index is 1.83. The Labute approximate surface area is 269 Å². The molecule has 0 radical (unpaired) electrons. The number of ether oxygens (including phenoxy) is 1. The number of urea groups is 1. The number of hydrogen-bond acceptors (Lipinski definition) is 7. The number of primary amides is 1. The van der Waals surface area contributed by atoms with Gasteiger partial charge < -0.3 is 31.3 Å². The number of hydrogen-bond donors (Lipinski definition) is 4. The number of carbonyl (C=O) groups is 6. The van der Waals surface area contributed by atoms with Gasteiger partial charge in [0.25, 0.3) is 5.91 Å². The zero-order valence-electron chi connectivity index (χ0n) is 26.8. The Kier molecular flexibility index (Phi) is 10.6. The van der Waals surface area contributed by atoms with E-state index < -0.39 is 92.8 Å². The Morgan fingerprint density at radius 2 is 1.48 bits per heavy atom. The maximum atomic E-state index is 14.1. The summed E-state index contributed by atoms with van der Waals surface area (Å²) < 4.78 is 4.08. The van der Waals surface area contributed by atoms with Crippen molar-refractivity contribution in [1.29, 1.82) is 0 Å². The molecule has 44 heavy (non-hydrogen) atoms. The van der Waals surface area contributed by atoms with Crippen LogP contribution in [0.3, 0.4) is 0 Å². The number of Topliss-reactive ketones (excluding diaryl/α,β-unsaturated/α-hetero) is 1. The molecular weight excluding hydrogens is 613 g/mol. The number of nitrogens with one attached hydrogen (secondary N) is 3. The largest absolute Gasteiger partial charge is 0.461 e. The van der Waals surface area contributed by atoms with Crippen molar-refractivity contribution in [3.8, 4) is 0 Å². The maximum Gasteiger partial charge on any atom is 0.329 e. The summed E-state index contributed by atoms with van der Waals surface area (Å²) >= 11 is 13.0. The molecule has 3 aliphatic rings. The lowest BCUT2D eigenvalue weighted by molar-refractivity contribution is -0.152.